The Hall–Kier alpha value is -0.910. The lowest BCUT2D eigenvalue weighted by Gasteiger charge is -2.23. The van der Waals surface area contributed by atoms with Gasteiger partial charge >= 0.3 is 0 Å². The molecule has 3 unspecified atom stereocenters. The maximum atomic E-state index is 12.4. The van der Waals surface area contributed by atoms with E-state index in [4.69, 9.17) is 0 Å². The zero-order chi connectivity index (χ0) is 35.2. The van der Waals surface area contributed by atoms with Crippen molar-refractivity contribution in [3.63, 3.8) is 0 Å². The van der Waals surface area contributed by atoms with Crippen molar-refractivity contribution >= 4 is 5.91 Å². The first-order valence-electron chi connectivity index (χ1n) is 21.5. The van der Waals surface area contributed by atoms with Crippen LogP contribution in [0.3, 0.4) is 0 Å². The van der Waals surface area contributed by atoms with Crippen LogP contribution in [0, 0.1) is 0 Å². The Kier molecular flexibility index (Phi) is 38.1. The molecule has 0 radical (unpaired) electrons. The number of rotatable bonds is 39. The number of aliphatic hydroxyl groups is 3. The van der Waals surface area contributed by atoms with E-state index in [-0.39, 0.29) is 18.9 Å². The molecule has 5 heteroatoms. The molecule has 0 rings (SSSR count). The van der Waals surface area contributed by atoms with Crippen molar-refractivity contribution in [3.05, 3.63) is 12.2 Å². The van der Waals surface area contributed by atoms with Gasteiger partial charge in [0.05, 0.1) is 31.3 Å². The number of hydrogen-bond donors (Lipinski definition) is 4. The molecule has 0 saturated heterocycles. The van der Waals surface area contributed by atoms with E-state index >= 15 is 0 Å². The Bertz CT molecular complexity index is 669. The largest absolute Gasteiger partial charge is 0.394 e. The number of allylic oxidation sites excluding steroid dienone is 2. The summed E-state index contributed by atoms with van der Waals surface area (Å²) in [5.41, 5.74) is 0. The number of nitrogens with one attached hydrogen (secondary N) is 1. The predicted octanol–water partition coefficient (Wildman–Crippen LogP) is 12.0. The molecule has 5 nitrogen and oxygen atoms in total. The van der Waals surface area contributed by atoms with Crippen LogP contribution in [-0.2, 0) is 4.79 Å². The first-order chi connectivity index (χ1) is 23.5. The maximum Gasteiger partial charge on any atom is 0.222 e. The summed E-state index contributed by atoms with van der Waals surface area (Å²) in [5.74, 6) is -0.286. The number of carbonyl (C=O) groups is 1. The molecule has 0 aromatic carbocycles. The van der Waals surface area contributed by atoms with Crippen molar-refractivity contribution in [1.29, 1.82) is 0 Å². The number of carbonyl (C=O) groups excluding carboxylic acids is 1. The number of aliphatic hydroxyl groups excluding tert-OH is 3. The molecular formula is C43H85NO4. The Morgan fingerprint density at radius 1 is 0.500 bits per heavy atom. The van der Waals surface area contributed by atoms with E-state index in [1.807, 2.05) is 0 Å². The minimum Gasteiger partial charge on any atom is -0.394 e. The number of amides is 1. The number of unbranched alkanes of at least 4 members (excludes halogenated alkanes) is 28. The van der Waals surface area contributed by atoms with E-state index in [1.165, 1.54) is 167 Å². The third-order valence-electron chi connectivity index (χ3n) is 10.1. The van der Waals surface area contributed by atoms with Crippen molar-refractivity contribution in [2.24, 2.45) is 0 Å². The van der Waals surface area contributed by atoms with Gasteiger partial charge in [0.25, 0.3) is 0 Å². The van der Waals surface area contributed by atoms with Crippen molar-refractivity contribution in [3.8, 4) is 0 Å². The first kappa shape index (κ1) is 47.1. The average molecular weight is 680 g/mol. The van der Waals surface area contributed by atoms with E-state index in [0.717, 1.165) is 32.1 Å². The summed E-state index contributed by atoms with van der Waals surface area (Å²) in [7, 11) is 0. The average Bonchev–Trinajstić information content (AvgIpc) is 3.08. The van der Waals surface area contributed by atoms with Crippen LogP contribution in [0.2, 0.25) is 0 Å². The summed E-state index contributed by atoms with van der Waals surface area (Å²) < 4.78 is 0. The Morgan fingerprint density at radius 3 is 1.21 bits per heavy atom. The zero-order valence-electron chi connectivity index (χ0n) is 32.4. The summed E-state index contributed by atoms with van der Waals surface area (Å²) in [5, 5.41) is 33.4. The van der Waals surface area contributed by atoms with Gasteiger partial charge in [0, 0.05) is 0 Å². The van der Waals surface area contributed by atoms with Crippen LogP contribution in [0.4, 0.5) is 0 Å². The highest BCUT2D eigenvalue weighted by atomic mass is 16.3. The molecule has 0 aliphatic carbocycles. The normalized spacial score (nSPS) is 13.7. The summed E-state index contributed by atoms with van der Waals surface area (Å²) >= 11 is 0. The highest BCUT2D eigenvalue weighted by molar-refractivity contribution is 5.76. The highest BCUT2D eigenvalue weighted by Crippen LogP contribution is 2.16. The Balaban J connectivity index is 3.62. The summed E-state index contributed by atoms with van der Waals surface area (Å²) in [6.45, 7) is 4.26. The topological polar surface area (TPSA) is 89.8 Å². The minimum absolute atomic E-state index is 0.0335. The molecule has 4 N–H and O–H groups in total. The van der Waals surface area contributed by atoms with Gasteiger partial charge in [-0.2, -0.15) is 0 Å². The molecule has 0 aliphatic rings. The van der Waals surface area contributed by atoms with Crippen LogP contribution in [0.25, 0.3) is 0 Å². The van der Waals surface area contributed by atoms with Gasteiger partial charge in [-0.3, -0.25) is 4.79 Å². The highest BCUT2D eigenvalue weighted by Gasteiger charge is 2.21. The summed E-state index contributed by atoms with van der Waals surface area (Å²) in [6.07, 6.45) is 44.6. The number of hydrogen-bond acceptors (Lipinski definition) is 4. The minimum atomic E-state index is -0.748. The molecule has 1 amide bonds. The van der Waals surface area contributed by atoms with Gasteiger partial charge in [0.1, 0.15) is 0 Å². The Labute approximate surface area is 299 Å². The van der Waals surface area contributed by atoms with Crippen LogP contribution in [0.5, 0.6) is 0 Å². The standard InChI is InChI=1S/C43H85NO4/c1-3-5-7-9-11-13-15-17-19-20-21-23-25-27-29-31-33-35-37-42(47)41(39-45)44-43(48)38-40(46)36-34-32-30-28-26-24-22-18-16-14-12-10-8-6-4-2/h18,22,40-42,45-47H,3-17,19-21,23-39H2,1-2H3,(H,44,48)/b22-18-. The molecule has 0 bridgehead atoms. The van der Waals surface area contributed by atoms with Crippen molar-refractivity contribution in [1.82, 2.24) is 5.32 Å². The lowest BCUT2D eigenvalue weighted by atomic mass is 10.0. The second-order valence-corrected chi connectivity index (χ2v) is 15.0. The van der Waals surface area contributed by atoms with Gasteiger partial charge in [-0.25, -0.2) is 0 Å². The van der Waals surface area contributed by atoms with E-state index in [2.05, 4.69) is 31.3 Å². The summed E-state index contributed by atoms with van der Waals surface area (Å²) in [6, 6.07) is -0.657. The fourth-order valence-electron chi connectivity index (χ4n) is 6.75. The first-order valence-corrected chi connectivity index (χ1v) is 21.5. The molecule has 286 valence electrons. The maximum absolute atomic E-state index is 12.4. The molecule has 0 heterocycles. The van der Waals surface area contributed by atoms with Crippen LogP contribution >= 0.6 is 0 Å². The van der Waals surface area contributed by atoms with E-state index < -0.39 is 18.2 Å². The molecule has 0 fully saturated rings. The van der Waals surface area contributed by atoms with Crippen LogP contribution in [0.1, 0.15) is 232 Å². The second-order valence-electron chi connectivity index (χ2n) is 15.0. The van der Waals surface area contributed by atoms with Gasteiger partial charge in [-0.1, -0.05) is 199 Å². The lowest BCUT2D eigenvalue weighted by molar-refractivity contribution is -0.125. The SMILES string of the molecule is CCCCCCCC/C=C\CCCCCCCC(O)CC(=O)NC(CO)C(O)CCCCCCCCCCCCCCCCCCCC. The van der Waals surface area contributed by atoms with Gasteiger partial charge in [-0.05, 0) is 38.5 Å². The molecule has 0 aromatic heterocycles. The van der Waals surface area contributed by atoms with Crippen molar-refractivity contribution in [2.45, 2.75) is 250 Å². The quantitative estimate of drug-likeness (QED) is 0.0384. The van der Waals surface area contributed by atoms with Gasteiger partial charge in [0.15, 0.2) is 0 Å². The molecule has 48 heavy (non-hydrogen) atoms. The molecule has 0 saturated carbocycles. The monoisotopic (exact) mass is 680 g/mol. The zero-order valence-corrected chi connectivity index (χ0v) is 32.4. The third kappa shape index (κ3) is 34.9. The molecular weight excluding hydrogens is 594 g/mol. The van der Waals surface area contributed by atoms with Gasteiger partial charge < -0.3 is 20.6 Å². The second kappa shape index (κ2) is 38.9. The van der Waals surface area contributed by atoms with Gasteiger partial charge in [-0.15, -0.1) is 0 Å². The predicted molar refractivity (Wildman–Crippen MR) is 208 cm³/mol. The lowest BCUT2D eigenvalue weighted by Crippen LogP contribution is -2.46. The van der Waals surface area contributed by atoms with Crippen molar-refractivity contribution in [2.75, 3.05) is 6.61 Å². The van der Waals surface area contributed by atoms with Crippen LogP contribution < -0.4 is 5.32 Å². The molecule has 3 atom stereocenters. The Morgan fingerprint density at radius 2 is 0.833 bits per heavy atom. The summed E-state index contributed by atoms with van der Waals surface area (Å²) in [4.78, 5) is 12.4. The van der Waals surface area contributed by atoms with Crippen LogP contribution in [0.15, 0.2) is 12.2 Å². The third-order valence-corrected chi connectivity index (χ3v) is 10.1. The van der Waals surface area contributed by atoms with E-state index in [0.29, 0.717) is 12.8 Å². The van der Waals surface area contributed by atoms with E-state index in [9.17, 15) is 20.1 Å². The van der Waals surface area contributed by atoms with Crippen LogP contribution in [-0.4, -0.2) is 46.1 Å². The fourth-order valence-corrected chi connectivity index (χ4v) is 6.75. The molecule has 0 aliphatic heterocycles. The fraction of sp³-hybridized carbons (Fsp3) is 0.930. The van der Waals surface area contributed by atoms with Crippen molar-refractivity contribution < 1.29 is 20.1 Å². The van der Waals surface area contributed by atoms with Gasteiger partial charge in [0.2, 0.25) is 5.91 Å². The van der Waals surface area contributed by atoms with E-state index in [1.54, 1.807) is 0 Å². The molecule has 0 aromatic rings. The smallest absolute Gasteiger partial charge is 0.222 e. The molecule has 0 spiro atoms.